The maximum absolute atomic E-state index is 6.46. The van der Waals surface area contributed by atoms with Gasteiger partial charge >= 0.3 is 0 Å². The quantitative estimate of drug-likeness (QED) is 0.706. The maximum Gasteiger partial charge on any atom is 0.129 e. The number of aromatic nitrogens is 3. The predicted octanol–water partition coefficient (Wildman–Crippen LogP) is 3.11. The highest BCUT2D eigenvalue weighted by Gasteiger charge is 2.13. The van der Waals surface area contributed by atoms with Crippen LogP contribution >= 0.6 is 11.6 Å². The zero-order valence-electron chi connectivity index (χ0n) is 10.2. The van der Waals surface area contributed by atoms with E-state index in [4.69, 9.17) is 17.3 Å². The van der Waals surface area contributed by atoms with Crippen LogP contribution < -0.4 is 5.73 Å². The second-order valence-electron chi connectivity index (χ2n) is 4.41. The van der Waals surface area contributed by atoms with Gasteiger partial charge in [0.2, 0.25) is 0 Å². The lowest BCUT2D eigenvalue weighted by Gasteiger charge is -2.04. The number of anilines is 1. The lowest BCUT2D eigenvalue weighted by atomic mass is 10.1. The Morgan fingerprint density at radius 1 is 1.33 bits per heavy atom. The van der Waals surface area contributed by atoms with Gasteiger partial charge in [0.05, 0.1) is 11.2 Å². The van der Waals surface area contributed by atoms with Crippen LogP contribution in [0.15, 0.2) is 24.4 Å². The Kier molecular flexibility index (Phi) is 2.35. The van der Waals surface area contributed by atoms with Crippen LogP contribution in [0.1, 0.15) is 5.69 Å². The van der Waals surface area contributed by atoms with Gasteiger partial charge in [-0.1, -0.05) is 17.7 Å². The largest absolute Gasteiger partial charge is 0.383 e. The van der Waals surface area contributed by atoms with Gasteiger partial charge in [-0.05, 0) is 19.1 Å². The first-order chi connectivity index (χ1) is 8.58. The third-order valence-electron chi connectivity index (χ3n) is 3.15. The number of halogens is 1. The molecule has 0 amide bonds. The maximum atomic E-state index is 6.46. The van der Waals surface area contributed by atoms with E-state index in [0.29, 0.717) is 10.8 Å². The van der Waals surface area contributed by atoms with E-state index < -0.39 is 0 Å². The van der Waals surface area contributed by atoms with Crippen molar-refractivity contribution in [2.75, 3.05) is 5.73 Å². The van der Waals surface area contributed by atoms with Crippen LogP contribution in [0.5, 0.6) is 0 Å². The number of nitrogen functional groups attached to an aromatic ring is 1. The summed E-state index contributed by atoms with van der Waals surface area (Å²) >= 11 is 6.46. The number of aryl methyl sites for hydroxylation is 2. The lowest BCUT2D eigenvalue weighted by Crippen LogP contribution is -1.98. The summed E-state index contributed by atoms with van der Waals surface area (Å²) in [4.78, 5) is 3.26. The van der Waals surface area contributed by atoms with Gasteiger partial charge in [-0.2, -0.15) is 5.10 Å². The predicted molar refractivity (Wildman–Crippen MR) is 74.7 cm³/mol. The summed E-state index contributed by atoms with van der Waals surface area (Å²) in [6.45, 7) is 2.01. The van der Waals surface area contributed by atoms with E-state index in [0.717, 1.165) is 27.7 Å². The monoisotopic (exact) mass is 260 g/mol. The van der Waals surface area contributed by atoms with E-state index in [1.807, 2.05) is 32.2 Å². The molecule has 0 spiro atoms. The molecule has 3 rings (SSSR count). The van der Waals surface area contributed by atoms with Crippen LogP contribution in [0.3, 0.4) is 0 Å². The number of nitrogens with one attached hydrogen (secondary N) is 1. The van der Waals surface area contributed by atoms with E-state index in [2.05, 4.69) is 10.1 Å². The van der Waals surface area contributed by atoms with E-state index in [1.54, 1.807) is 10.9 Å². The van der Waals surface area contributed by atoms with E-state index in [-0.39, 0.29) is 0 Å². The third kappa shape index (κ3) is 1.49. The standard InChI is InChI=1S/C13H13ClN4/c1-7-5-9-11(17-7)4-3-8(12(9)14)10-6-16-18(2)13(10)15/h3-6,17H,15H2,1-2H3. The average molecular weight is 261 g/mol. The average Bonchev–Trinajstić information content (AvgIpc) is 2.86. The molecule has 0 aliphatic heterocycles. The SMILES string of the molecule is Cc1cc2c(Cl)c(-c3cnn(C)c3N)ccc2[nH]1. The van der Waals surface area contributed by atoms with Crippen molar-refractivity contribution >= 4 is 28.3 Å². The molecule has 0 radical (unpaired) electrons. The van der Waals surface area contributed by atoms with Crippen LogP contribution in [0, 0.1) is 6.92 Å². The van der Waals surface area contributed by atoms with Crippen LogP contribution in [0.2, 0.25) is 5.02 Å². The summed E-state index contributed by atoms with van der Waals surface area (Å²) in [5.74, 6) is 0.614. The van der Waals surface area contributed by atoms with Crippen LogP contribution in [0.4, 0.5) is 5.82 Å². The van der Waals surface area contributed by atoms with Crippen molar-refractivity contribution in [2.45, 2.75) is 6.92 Å². The zero-order valence-corrected chi connectivity index (χ0v) is 10.9. The number of fused-ring (bicyclic) bond motifs is 1. The van der Waals surface area contributed by atoms with Crippen LogP contribution in [0.25, 0.3) is 22.0 Å². The number of nitrogens with zero attached hydrogens (tertiary/aromatic N) is 2. The van der Waals surface area contributed by atoms with Crippen molar-refractivity contribution in [1.29, 1.82) is 0 Å². The van der Waals surface area contributed by atoms with Gasteiger partial charge in [0, 0.05) is 34.8 Å². The minimum Gasteiger partial charge on any atom is -0.383 e. The van der Waals surface area contributed by atoms with Gasteiger partial charge in [-0.3, -0.25) is 4.68 Å². The van der Waals surface area contributed by atoms with Gasteiger partial charge < -0.3 is 10.7 Å². The van der Waals surface area contributed by atoms with Gasteiger partial charge in [-0.15, -0.1) is 0 Å². The molecule has 3 aromatic rings. The fraction of sp³-hybridized carbons (Fsp3) is 0.154. The number of nitrogens with two attached hydrogens (primary N) is 1. The van der Waals surface area contributed by atoms with Crippen LogP contribution in [-0.4, -0.2) is 14.8 Å². The molecular weight excluding hydrogens is 248 g/mol. The number of hydrogen-bond donors (Lipinski definition) is 2. The summed E-state index contributed by atoms with van der Waals surface area (Å²) in [5.41, 5.74) is 9.88. The number of rotatable bonds is 1. The Morgan fingerprint density at radius 2 is 2.11 bits per heavy atom. The van der Waals surface area contributed by atoms with Crippen molar-refractivity contribution in [3.05, 3.63) is 35.1 Å². The van der Waals surface area contributed by atoms with Gasteiger partial charge in [0.15, 0.2) is 0 Å². The molecule has 0 bridgehead atoms. The molecule has 3 N–H and O–H groups in total. The molecule has 2 aromatic heterocycles. The van der Waals surface area contributed by atoms with Crippen molar-refractivity contribution in [1.82, 2.24) is 14.8 Å². The summed E-state index contributed by atoms with van der Waals surface area (Å²) in [6, 6.07) is 6.01. The van der Waals surface area contributed by atoms with Gasteiger partial charge in [0.25, 0.3) is 0 Å². The first-order valence-electron chi connectivity index (χ1n) is 5.63. The molecule has 0 atom stereocenters. The molecule has 4 nitrogen and oxygen atoms in total. The molecule has 0 fully saturated rings. The van der Waals surface area contributed by atoms with E-state index in [1.165, 1.54) is 0 Å². The van der Waals surface area contributed by atoms with E-state index in [9.17, 15) is 0 Å². The summed E-state index contributed by atoms with van der Waals surface area (Å²) < 4.78 is 1.64. The molecule has 0 saturated heterocycles. The van der Waals surface area contributed by atoms with Crippen molar-refractivity contribution in [3.63, 3.8) is 0 Å². The molecule has 0 aliphatic carbocycles. The Hall–Kier alpha value is -1.94. The molecule has 0 aliphatic rings. The number of hydrogen-bond acceptors (Lipinski definition) is 2. The summed E-state index contributed by atoms with van der Waals surface area (Å²) in [7, 11) is 1.81. The summed E-state index contributed by atoms with van der Waals surface area (Å²) in [6.07, 6.45) is 1.74. The third-order valence-corrected chi connectivity index (χ3v) is 3.55. The zero-order chi connectivity index (χ0) is 12.9. The highest BCUT2D eigenvalue weighted by Crippen LogP contribution is 2.36. The normalized spacial score (nSPS) is 11.3. The van der Waals surface area contributed by atoms with E-state index >= 15 is 0 Å². The highest BCUT2D eigenvalue weighted by atomic mass is 35.5. The first kappa shape index (κ1) is 11.2. The number of H-pyrrole nitrogens is 1. The summed E-state index contributed by atoms with van der Waals surface area (Å²) in [5, 5.41) is 5.86. The lowest BCUT2D eigenvalue weighted by molar-refractivity contribution is 0.779. The molecule has 1 aromatic carbocycles. The molecular formula is C13H13ClN4. The Bertz CT molecular complexity index is 739. The fourth-order valence-electron chi connectivity index (χ4n) is 2.17. The Balaban J connectivity index is 2.30. The minimum absolute atomic E-state index is 0.614. The molecule has 18 heavy (non-hydrogen) atoms. The van der Waals surface area contributed by atoms with Crippen LogP contribution in [-0.2, 0) is 7.05 Å². The van der Waals surface area contributed by atoms with Crippen molar-refractivity contribution in [3.8, 4) is 11.1 Å². The number of aromatic amines is 1. The molecule has 92 valence electrons. The fourth-order valence-corrected chi connectivity index (χ4v) is 2.49. The first-order valence-corrected chi connectivity index (χ1v) is 6.01. The van der Waals surface area contributed by atoms with Crippen molar-refractivity contribution in [2.24, 2.45) is 7.05 Å². The second kappa shape index (κ2) is 3.78. The molecule has 5 heteroatoms. The van der Waals surface area contributed by atoms with Crippen molar-refractivity contribution < 1.29 is 0 Å². The Morgan fingerprint density at radius 3 is 2.78 bits per heavy atom. The van der Waals surface area contributed by atoms with Gasteiger partial charge in [0.1, 0.15) is 5.82 Å². The van der Waals surface area contributed by atoms with Gasteiger partial charge in [-0.25, -0.2) is 0 Å². The topological polar surface area (TPSA) is 59.6 Å². The Labute approximate surface area is 109 Å². The second-order valence-corrected chi connectivity index (χ2v) is 4.79. The number of benzene rings is 1. The smallest absolute Gasteiger partial charge is 0.129 e. The molecule has 0 saturated carbocycles. The minimum atomic E-state index is 0.614. The highest BCUT2D eigenvalue weighted by molar-refractivity contribution is 6.38. The molecule has 0 unspecified atom stereocenters. The molecule has 2 heterocycles.